The van der Waals surface area contributed by atoms with E-state index in [2.05, 4.69) is 40.5 Å². The fourth-order valence-corrected chi connectivity index (χ4v) is 2.66. The summed E-state index contributed by atoms with van der Waals surface area (Å²) in [5.74, 6) is 0. The van der Waals surface area contributed by atoms with Crippen LogP contribution in [0, 0.1) is 0 Å². The van der Waals surface area contributed by atoms with Crippen LogP contribution in [0.15, 0.2) is 55.0 Å². The van der Waals surface area contributed by atoms with Crippen molar-refractivity contribution in [3.63, 3.8) is 0 Å². The monoisotopic (exact) mass is 448 g/mol. The Bertz CT molecular complexity index is 828. The predicted octanol–water partition coefficient (Wildman–Crippen LogP) is 5.53. The number of rotatable bonds is 6. The van der Waals surface area contributed by atoms with Gasteiger partial charge in [-0.15, -0.1) is 37.2 Å². The largest absolute Gasteiger partial charge is 0.383 e. The van der Waals surface area contributed by atoms with Crippen LogP contribution in [0.5, 0.6) is 0 Å². The Morgan fingerprint density at radius 2 is 1.81 bits per heavy atom. The summed E-state index contributed by atoms with van der Waals surface area (Å²) in [6.07, 6.45) is 5.48. The molecule has 0 bridgehead atoms. The lowest BCUT2D eigenvalue weighted by atomic mass is 10.0. The van der Waals surface area contributed by atoms with E-state index in [-0.39, 0.29) is 42.8 Å². The molecule has 0 spiro atoms. The lowest BCUT2D eigenvalue weighted by molar-refractivity contribution is 0.407. The Morgan fingerprint density at radius 3 is 2.52 bits per heavy atom. The molecule has 0 atom stereocenters. The van der Waals surface area contributed by atoms with Crippen molar-refractivity contribution in [1.82, 2.24) is 15.3 Å². The standard InChI is InChI=1S/C19H21ClN4.3ClH/c1-19(2,24-12-14-4-3-8-21-11-14)13-23-17-7-9-22-18-10-15(20)5-6-16(17)18;;;/h3-11,24H,12-13H2,1-2H3,(H,22,23);3*1H. The van der Waals surface area contributed by atoms with Crippen LogP contribution in [0.2, 0.25) is 5.02 Å². The van der Waals surface area contributed by atoms with Crippen molar-refractivity contribution in [2.75, 3.05) is 11.9 Å². The van der Waals surface area contributed by atoms with E-state index >= 15 is 0 Å². The molecule has 0 saturated heterocycles. The molecule has 8 heteroatoms. The second-order valence-corrected chi connectivity index (χ2v) is 6.91. The molecular weight excluding hydrogens is 426 g/mol. The van der Waals surface area contributed by atoms with Crippen LogP contribution in [0.3, 0.4) is 0 Å². The minimum absolute atomic E-state index is 0. The number of hydrogen-bond donors (Lipinski definition) is 2. The summed E-state index contributed by atoms with van der Waals surface area (Å²) in [5.41, 5.74) is 3.06. The number of aromatic nitrogens is 2. The zero-order chi connectivity index (χ0) is 17.0. The van der Waals surface area contributed by atoms with Crippen molar-refractivity contribution in [2.24, 2.45) is 0 Å². The maximum absolute atomic E-state index is 6.04. The van der Waals surface area contributed by atoms with Gasteiger partial charge in [-0.25, -0.2) is 0 Å². The van der Waals surface area contributed by atoms with Gasteiger partial charge in [0, 0.05) is 53.3 Å². The lowest BCUT2D eigenvalue weighted by Gasteiger charge is -2.27. The summed E-state index contributed by atoms with van der Waals surface area (Å²) in [5, 5.41) is 8.86. The number of anilines is 1. The van der Waals surface area contributed by atoms with Gasteiger partial charge < -0.3 is 10.6 Å². The Hall–Kier alpha value is -1.30. The molecule has 148 valence electrons. The number of benzene rings is 1. The molecule has 0 aliphatic carbocycles. The summed E-state index contributed by atoms with van der Waals surface area (Å²) in [7, 11) is 0. The van der Waals surface area contributed by atoms with Crippen molar-refractivity contribution < 1.29 is 0 Å². The van der Waals surface area contributed by atoms with E-state index in [1.165, 1.54) is 5.56 Å². The molecule has 0 unspecified atom stereocenters. The molecule has 2 heterocycles. The molecule has 0 aliphatic rings. The highest BCUT2D eigenvalue weighted by Crippen LogP contribution is 2.24. The summed E-state index contributed by atoms with van der Waals surface area (Å²) in [6, 6.07) is 11.8. The molecule has 27 heavy (non-hydrogen) atoms. The third kappa shape index (κ3) is 7.32. The zero-order valence-electron chi connectivity index (χ0n) is 15.1. The molecule has 0 fully saturated rings. The van der Waals surface area contributed by atoms with Gasteiger partial charge in [0.15, 0.2) is 0 Å². The fourth-order valence-electron chi connectivity index (χ4n) is 2.50. The molecular formula is C19H24Cl4N4. The average Bonchev–Trinajstić information content (AvgIpc) is 2.59. The molecule has 2 aromatic heterocycles. The molecule has 1 aromatic carbocycles. The normalized spacial score (nSPS) is 10.3. The van der Waals surface area contributed by atoms with E-state index in [1.807, 2.05) is 36.5 Å². The summed E-state index contributed by atoms with van der Waals surface area (Å²) in [6.45, 7) is 5.93. The molecule has 3 aromatic rings. The van der Waals surface area contributed by atoms with Gasteiger partial charge in [-0.3, -0.25) is 9.97 Å². The molecule has 0 saturated carbocycles. The van der Waals surface area contributed by atoms with Crippen molar-refractivity contribution in [3.05, 3.63) is 65.6 Å². The molecule has 0 radical (unpaired) electrons. The lowest BCUT2D eigenvalue weighted by Crippen LogP contribution is -2.44. The van der Waals surface area contributed by atoms with E-state index in [9.17, 15) is 0 Å². The van der Waals surface area contributed by atoms with Gasteiger partial charge in [0.1, 0.15) is 0 Å². The van der Waals surface area contributed by atoms with Gasteiger partial charge in [-0.05, 0) is 49.7 Å². The van der Waals surface area contributed by atoms with Gasteiger partial charge in [-0.1, -0.05) is 17.7 Å². The highest BCUT2D eigenvalue weighted by atomic mass is 35.5. The quantitative estimate of drug-likeness (QED) is 0.519. The summed E-state index contributed by atoms with van der Waals surface area (Å²) in [4.78, 5) is 8.52. The SMILES string of the molecule is CC(C)(CNc1ccnc2cc(Cl)ccc12)NCc1cccnc1.Cl.Cl.Cl. The smallest absolute Gasteiger partial charge is 0.0737 e. The number of pyridine rings is 2. The van der Waals surface area contributed by atoms with Crippen LogP contribution in [0.1, 0.15) is 19.4 Å². The van der Waals surface area contributed by atoms with Gasteiger partial charge in [-0.2, -0.15) is 0 Å². The first-order chi connectivity index (χ1) is 11.5. The van der Waals surface area contributed by atoms with Crippen LogP contribution < -0.4 is 10.6 Å². The van der Waals surface area contributed by atoms with Crippen molar-refractivity contribution >= 4 is 65.4 Å². The van der Waals surface area contributed by atoms with Crippen molar-refractivity contribution in [1.29, 1.82) is 0 Å². The Morgan fingerprint density at radius 1 is 1.04 bits per heavy atom. The van der Waals surface area contributed by atoms with E-state index < -0.39 is 0 Å². The first-order valence-electron chi connectivity index (χ1n) is 7.96. The molecule has 0 aliphatic heterocycles. The Kier molecular flexibility index (Phi) is 11.0. The molecule has 3 rings (SSSR count). The maximum Gasteiger partial charge on any atom is 0.0737 e. The topological polar surface area (TPSA) is 49.8 Å². The van der Waals surface area contributed by atoms with Crippen LogP contribution >= 0.6 is 48.8 Å². The third-order valence-corrected chi connectivity index (χ3v) is 4.15. The second-order valence-electron chi connectivity index (χ2n) is 6.47. The Labute approximate surface area is 183 Å². The Balaban J connectivity index is 0.00000225. The summed E-state index contributed by atoms with van der Waals surface area (Å²) < 4.78 is 0. The first kappa shape index (κ1) is 25.7. The number of hydrogen-bond acceptors (Lipinski definition) is 4. The van der Waals surface area contributed by atoms with Gasteiger partial charge in [0.25, 0.3) is 0 Å². The average molecular weight is 450 g/mol. The first-order valence-corrected chi connectivity index (χ1v) is 8.33. The van der Waals surface area contributed by atoms with Crippen LogP contribution in [0.4, 0.5) is 5.69 Å². The van der Waals surface area contributed by atoms with Gasteiger partial charge in [0.2, 0.25) is 0 Å². The zero-order valence-corrected chi connectivity index (χ0v) is 18.3. The van der Waals surface area contributed by atoms with E-state index in [0.29, 0.717) is 5.02 Å². The number of nitrogens with one attached hydrogen (secondary N) is 2. The van der Waals surface area contributed by atoms with E-state index in [4.69, 9.17) is 11.6 Å². The second kappa shape index (κ2) is 11.5. The minimum atomic E-state index is -0.0716. The van der Waals surface area contributed by atoms with Gasteiger partial charge >= 0.3 is 0 Å². The van der Waals surface area contributed by atoms with Crippen LogP contribution in [-0.4, -0.2) is 22.1 Å². The van der Waals surface area contributed by atoms with Crippen molar-refractivity contribution in [2.45, 2.75) is 25.9 Å². The van der Waals surface area contributed by atoms with Crippen molar-refractivity contribution in [3.8, 4) is 0 Å². The van der Waals surface area contributed by atoms with E-state index in [0.717, 1.165) is 29.7 Å². The minimum Gasteiger partial charge on any atom is -0.383 e. The summed E-state index contributed by atoms with van der Waals surface area (Å²) >= 11 is 6.04. The fraction of sp³-hybridized carbons (Fsp3) is 0.263. The van der Waals surface area contributed by atoms with Crippen LogP contribution in [-0.2, 0) is 6.54 Å². The molecule has 0 amide bonds. The van der Waals surface area contributed by atoms with Gasteiger partial charge in [0.05, 0.1) is 5.52 Å². The molecule has 4 nitrogen and oxygen atoms in total. The highest BCUT2D eigenvalue weighted by molar-refractivity contribution is 6.31. The number of nitrogens with zero attached hydrogens (tertiary/aromatic N) is 2. The highest BCUT2D eigenvalue weighted by Gasteiger charge is 2.17. The molecule has 2 N–H and O–H groups in total. The maximum atomic E-state index is 6.04. The van der Waals surface area contributed by atoms with Crippen LogP contribution in [0.25, 0.3) is 10.9 Å². The predicted molar refractivity (Wildman–Crippen MR) is 122 cm³/mol. The number of halogens is 4. The third-order valence-electron chi connectivity index (χ3n) is 3.92. The van der Waals surface area contributed by atoms with E-state index in [1.54, 1.807) is 12.4 Å². The number of fused-ring (bicyclic) bond motifs is 1.